The number of hydrogen-bond acceptors (Lipinski definition) is 4. The fourth-order valence-corrected chi connectivity index (χ4v) is 2.38. The number of rotatable bonds is 2. The van der Waals surface area contributed by atoms with Crippen LogP contribution >= 0.6 is 23.2 Å². The minimum Gasteiger partial charge on any atom is -0.304 e. The van der Waals surface area contributed by atoms with Crippen LogP contribution in [0.5, 0.6) is 0 Å². The van der Waals surface area contributed by atoms with Gasteiger partial charge in [0.2, 0.25) is 0 Å². The average molecular weight is 368 g/mol. The molecule has 0 bridgehead atoms. The first-order valence-corrected chi connectivity index (χ1v) is 6.56. The molecule has 0 saturated heterocycles. The predicted molar refractivity (Wildman–Crippen MR) is 76.6 cm³/mol. The fraction of sp³-hybridized carbons (Fsp3) is 0.167. The van der Waals surface area contributed by atoms with E-state index in [9.17, 15) is 28.1 Å². The van der Waals surface area contributed by atoms with E-state index >= 15 is 0 Å². The molecule has 0 atom stereocenters. The molecule has 0 fully saturated rings. The van der Waals surface area contributed by atoms with Crippen LogP contribution in [-0.2, 0) is 13.2 Å². The van der Waals surface area contributed by atoms with E-state index in [1.807, 2.05) is 0 Å². The maximum atomic E-state index is 12.7. The molecule has 0 aliphatic rings. The second-order valence-corrected chi connectivity index (χ2v) is 5.21. The summed E-state index contributed by atoms with van der Waals surface area (Å²) in [7, 11) is 0.911. The number of nitro groups is 1. The summed E-state index contributed by atoms with van der Waals surface area (Å²) in [5.74, 6) is 0. The summed E-state index contributed by atoms with van der Waals surface area (Å²) >= 11 is 11.5. The zero-order valence-electron chi connectivity index (χ0n) is 11.2. The van der Waals surface area contributed by atoms with Crippen molar-refractivity contribution in [1.82, 2.24) is 9.55 Å². The Morgan fingerprint density at radius 2 is 1.87 bits per heavy atom. The maximum Gasteiger partial charge on any atom is 0.433 e. The van der Waals surface area contributed by atoms with Crippen molar-refractivity contribution in [2.45, 2.75) is 6.18 Å². The van der Waals surface area contributed by atoms with Gasteiger partial charge >= 0.3 is 6.18 Å². The zero-order chi connectivity index (χ0) is 17.5. The first kappa shape index (κ1) is 17.2. The molecule has 0 N–H and O–H groups in total. The van der Waals surface area contributed by atoms with E-state index in [4.69, 9.17) is 23.2 Å². The maximum absolute atomic E-state index is 12.7. The highest BCUT2D eigenvalue weighted by molar-refractivity contribution is 6.37. The van der Waals surface area contributed by atoms with Gasteiger partial charge in [0.15, 0.2) is 0 Å². The Morgan fingerprint density at radius 3 is 2.39 bits per heavy atom. The lowest BCUT2D eigenvalue weighted by Crippen LogP contribution is -2.27. The molecule has 2 rings (SSSR count). The summed E-state index contributed by atoms with van der Waals surface area (Å²) in [6.45, 7) is 0. The average Bonchev–Trinajstić information content (AvgIpc) is 2.40. The van der Waals surface area contributed by atoms with Crippen LogP contribution in [0.25, 0.3) is 11.3 Å². The zero-order valence-corrected chi connectivity index (χ0v) is 12.7. The molecule has 2 aromatic rings. The van der Waals surface area contributed by atoms with Crippen LogP contribution in [-0.4, -0.2) is 14.5 Å². The van der Waals surface area contributed by atoms with Crippen LogP contribution in [0.4, 0.5) is 18.9 Å². The third-order valence-corrected chi connectivity index (χ3v) is 3.58. The molecule has 0 aliphatic heterocycles. The van der Waals surface area contributed by atoms with Gasteiger partial charge in [0.25, 0.3) is 11.2 Å². The molecule has 0 spiro atoms. The van der Waals surface area contributed by atoms with Crippen LogP contribution in [0.2, 0.25) is 10.0 Å². The predicted octanol–water partition coefficient (Wildman–Crippen LogP) is 3.68. The van der Waals surface area contributed by atoms with Gasteiger partial charge < -0.3 is 4.57 Å². The van der Waals surface area contributed by atoms with Gasteiger partial charge in [-0.1, -0.05) is 23.2 Å². The Bertz CT molecular complexity index is 865. The Hall–Kier alpha value is -2.13. The van der Waals surface area contributed by atoms with Crippen molar-refractivity contribution < 1.29 is 18.1 Å². The number of benzene rings is 1. The Labute approximate surface area is 136 Å². The molecule has 0 amide bonds. The molecule has 23 heavy (non-hydrogen) atoms. The molecule has 0 unspecified atom stereocenters. The van der Waals surface area contributed by atoms with Gasteiger partial charge in [0.05, 0.1) is 16.1 Å². The number of alkyl halides is 3. The molecule has 0 radical (unpaired) electrons. The second-order valence-electron chi connectivity index (χ2n) is 4.39. The van der Waals surface area contributed by atoms with Crippen molar-refractivity contribution in [1.29, 1.82) is 0 Å². The molecule has 1 aromatic heterocycles. The van der Waals surface area contributed by atoms with E-state index in [0.29, 0.717) is 10.8 Å². The molecule has 1 heterocycles. The third-order valence-electron chi connectivity index (χ3n) is 2.96. The highest BCUT2D eigenvalue weighted by atomic mass is 35.5. The van der Waals surface area contributed by atoms with Gasteiger partial charge in [-0.05, 0) is 6.07 Å². The molecule has 0 aliphatic carbocycles. The smallest absolute Gasteiger partial charge is 0.304 e. The van der Waals surface area contributed by atoms with E-state index < -0.39 is 33.7 Å². The summed E-state index contributed by atoms with van der Waals surface area (Å²) in [5.41, 5.74) is -3.54. The van der Waals surface area contributed by atoms with Crippen LogP contribution in [0, 0.1) is 10.1 Å². The van der Waals surface area contributed by atoms with E-state index in [2.05, 4.69) is 4.98 Å². The minimum absolute atomic E-state index is 0.148. The summed E-state index contributed by atoms with van der Waals surface area (Å²) in [4.78, 5) is 25.6. The quantitative estimate of drug-likeness (QED) is 0.599. The monoisotopic (exact) mass is 367 g/mol. The summed E-state index contributed by atoms with van der Waals surface area (Å²) in [5, 5.41) is 10.5. The number of nitro benzene ring substituents is 1. The van der Waals surface area contributed by atoms with Crippen molar-refractivity contribution >= 4 is 28.9 Å². The van der Waals surface area contributed by atoms with Gasteiger partial charge in [-0.3, -0.25) is 14.9 Å². The van der Waals surface area contributed by atoms with Gasteiger partial charge in [-0.25, -0.2) is 4.98 Å². The number of aromatic nitrogens is 2. The fourth-order valence-electron chi connectivity index (χ4n) is 1.84. The Morgan fingerprint density at radius 1 is 1.26 bits per heavy atom. The molecule has 11 heteroatoms. The van der Waals surface area contributed by atoms with Crippen LogP contribution < -0.4 is 5.56 Å². The van der Waals surface area contributed by atoms with Gasteiger partial charge in [-0.2, -0.15) is 13.2 Å². The Balaban J connectivity index is 2.74. The van der Waals surface area contributed by atoms with E-state index in [1.54, 1.807) is 0 Å². The first-order chi connectivity index (χ1) is 10.5. The lowest BCUT2D eigenvalue weighted by atomic mass is 10.1. The highest BCUT2D eigenvalue weighted by Gasteiger charge is 2.35. The highest BCUT2D eigenvalue weighted by Crippen LogP contribution is 2.35. The van der Waals surface area contributed by atoms with Crippen molar-refractivity contribution in [3.8, 4) is 11.3 Å². The first-order valence-electron chi connectivity index (χ1n) is 5.81. The van der Waals surface area contributed by atoms with Gasteiger partial charge in [0, 0.05) is 18.7 Å². The Kier molecular flexibility index (Phi) is 4.36. The molecular weight excluding hydrogens is 362 g/mol. The number of halogens is 5. The van der Waals surface area contributed by atoms with Crippen LogP contribution in [0.3, 0.4) is 0 Å². The van der Waals surface area contributed by atoms with Crippen LogP contribution in [0.15, 0.2) is 23.1 Å². The second kappa shape index (κ2) is 5.82. The van der Waals surface area contributed by atoms with Crippen molar-refractivity contribution in [3.05, 3.63) is 54.5 Å². The standard InChI is InChI=1S/C12H6Cl2F3N3O3/c1-19-9(12(15,16)17)4-18-10(11(19)21)5-2-8(20(22)23)7(14)3-6(5)13/h2-4H,1H3. The SMILES string of the molecule is Cn1c(C(F)(F)F)cnc(-c2cc([N+](=O)[O-])c(Cl)cc2Cl)c1=O. The van der Waals surface area contributed by atoms with E-state index in [1.165, 1.54) is 0 Å². The molecule has 1 aromatic carbocycles. The van der Waals surface area contributed by atoms with E-state index in [-0.39, 0.29) is 15.6 Å². The molecule has 122 valence electrons. The molecular formula is C12H6Cl2F3N3O3. The normalized spacial score (nSPS) is 11.6. The summed E-state index contributed by atoms with van der Waals surface area (Å²) in [6.07, 6.45) is -4.32. The van der Waals surface area contributed by atoms with Crippen molar-refractivity contribution in [3.63, 3.8) is 0 Å². The lowest BCUT2D eigenvalue weighted by Gasteiger charge is -2.12. The largest absolute Gasteiger partial charge is 0.433 e. The molecule has 0 saturated carbocycles. The van der Waals surface area contributed by atoms with Crippen molar-refractivity contribution in [2.75, 3.05) is 0 Å². The van der Waals surface area contributed by atoms with Crippen LogP contribution in [0.1, 0.15) is 5.69 Å². The third kappa shape index (κ3) is 3.15. The molecule has 6 nitrogen and oxygen atoms in total. The number of nitrogens with zero attached hydrogens (tertiary/aromatic N) is 3. The summed E-state index contributed by atoms with van der Waals surface area (Å²) in [6, 6.07) is 1.91. The number of hydrogen-bond donors (Lipinski definition) is 0. The lowest BCUT2D eigenvalue weighted by molar-refractivity contribution is -0.384. The van der Waals surface area contributed by atoms with Gasteiger partial charge in [-0.15, -0.1) is 0 Å². The van der Waals surface area contributed by atoms with Gasteiger partial charge in [0.1, 0.15) is 16.4 Å². The topological polar surface area (TPSA) is 78.0 Å². The van der Waals surface area contributed by atoms with Crippen molar-refractivity contribution in [2.24, 2.45) is 7.05 Å². The minimum atomic E-state index is -4.77. The summed E-state index contributed by atoms with van der Waals surface area (Å²) < 4.78 is 38.5. The van der Waals surface area contributed by atoms with E-state index in [0.717, 1.165) is 19.2 Å².